The molecule has 0 aliphatic carbocycles. The third-order valence-corrected chi connectivity index (χ3v) is 13.6. The lowest BCUT2D eigenvalue weighted by atomic mass is 9.91. The lowest BCUT2D eigenvalue weighted by molar-refractivity contribution is -0.139. The maximum atomic E-state index is 16.3. The molecule has 0 radical (unpaired) electrons. The smallest absolute Gasteiger partial charge is 0.401 e. The van der Waals surface area contributed by atoms with E-state index in [-0.39, 0.29) is 21.8 Å². The fourth-order valence-electron chi connectivity index (χ4n) is 6.13. The topological polar surface area (TPSA) is 59.9 Å². The molecule has 5 nitrogen and oxygen atoms in total. The average Bonchev–Trinajstić information content (AvgIpc) is 3.01. The molecule has 0 aliphatic rings. The van der Waals surface area contributed by atoms with Gasteiger partial charge in [0.15, 0.2) is 0 Å². The van der Waals surface area contributed by atoms with Gasteiger partial charge < -0.3 is 9.74 Å². The molecule has 0 spiro atoms. The van der Waals surface area contributed by atoms with Crippen LogP contribution in [0.2, 0.25) is 15.5 Å². The molecule has 1 atom stereocenters. The van der Waals surface area contributed by atoms with Crippen LogP contribution >= 0.6 is 23.2 Å². The Bertz CT molecular complexity index is 1850. The molecule has 2 aromatic heterocycles. The van der Waals surface area contributed by atoms with E-state index in [0.717, 1.165) is 16.4 Å². The molecule has 0 amide bonds. The van der Waals surface area contributed by atoms with Gasteiger partial charge in [-0.15, -0.1) is 0 Å². The van der Waals surface area contributed by atoms with Crippen molar-refractivity contribution in [3.8, 4) is 0 Å². The molecule has 0 saturated heterocycles. The highest BCUT2D eigenvalue weighted by Gasteiger charge is 2.52. The molecule has 0 aliphatic heterocycles. The van der Waals surface area contributed by atoms with Crippen molar-refractivity contribution in [2.75, 3.05) is 11.9 Å². The van der Waals surface area contributed by atoms with E-state index in [2.05, 4.69) is 20.3 Å². The maximum absolute atomic E-state index is 16.3. The molecule has 13 heteroatoms. The van der Waals surface area contributed by atoms with Crippen LogP contribution in [0, 0.1) is 0 Å². The van der Waals surface area contributed by atoms with Crippen LogP contribution in [0.15, 0.2) is 91.1 Å². The first-order chi connectivity index (χ1) is 22.5. The monoisotopic (exact) mass is 718 g/mol. The first-order valence-corrected chi connectivity index (χ1v) is 17.8. The van der Waals surface area contributed by atoms with Crippen LogP contribution in [0.1, 0.15) is 50.4 Å². The number of hydrogen-bond donors (Lipinski definition) is 1. The highest BCUT2D eigenvalue weighted by atomic mass is 35.5. The van der Waals surface area contributed by atoms with Crippen molar-refractivity contribution in [3.63, 3.8) is 0 Å². The molecule has 3 aromatic carbocycles. The number of nitrogens with one attached hydrogen (secondary N) is 1. The molecular weight excluding hydrogens is 686 g/mol. The molecule has 2 heterocycles. The van der Waals surface area contributed by atoms with Gasteiger partial charge in [0.25, 0.3) is 14.2 Å². The third kappa shape index (κ3) is 7.49. The summed E-state index contributed by atoms with van der Waals surface area (Å²) in [6.07, 6.45) is -4.74. The summed E-state index contributed by atoms with van der Waals surface area (Å²) < 4.78 is 82.2. The number of fused-ring (bicyclic) bond motifs is 1. The molecule has 252 valence electrons. The van der Waals surface area contributed by atoms with E-state index in [4.69, 9.17) is 27.6 Å². The van der Waals surface area contributed by atoms with Crippen LogP contribution in [-0.2, 0) is 17.0 Å². The largest absolute Gasteiger partial charge is 0.416 e. The van der Waals surface area contributed by atoms with Gasteiger partial charge in [-0.05, 0) is 57.2 Å². The number of halogens is 7. The van der Waals surface area contributed by atoms with Crippen molar-refractivity contribution >= 4 is 58.6 Å². The van der Waals surface area contributed by atoms with Crippen molar-refractivity contribution in [1.29, 1.82) is 0 Å². The highest BCUT2D eigenvalue weighted by Crippen LogP contribution is 2.41. The second-order valence-electron chi connectivity index (χ2n) is 12.6. The molecular formula is C35H33Cl2F5N4OSi. The van der Waals surface area contributed by atoms with E-state index < -0.39 is 55.7 Å². The SMILES string of the molecule is C[C@@H](Nc1nc(Cl)nc2cnc(Cl)cc12)c1cccc(C(F)(F)F)c1CC(F)(F)CO[Si](c1ccccc1)(c1ccccc1)C(C)(C)C. The van der Waals surface area contributed by atoms with E-state index >= 15 is 8.78 Å². The van der Waals surface area contributed by atoms with Crippen LogP contribution in [0.25, 0.3) is 10.9 Å². The summed E-state index contributed by atoms with van der Waals surface area (Å²) in [6, 6.07) is 22.4. The Hall–Kier alpha value is -3.64. The molecule has 5 rings (SSSR count). The van der Waals surface area contributed by atoms with Crippen LogP contribution in [-0.4, -0.2) is 35.8 Å². The van der Waals surface area contributed by atoms with E-state index in [1.807, 2.05) is 81.4 Å². The number of pyridine rings is 1. The van der Waals surface area contributed by atoms with Crippen molar-refractivity contribution in [3.05, 3.63) is 118 Å². The number of rotatable bonds is 10. The van der Waals surface area contributed by atoms with Crippen LogP contribution < -0.4 is 15.7 Å². The predicted molar refractivity (Wildman–Crippen MR) is 183 cm³/mol. The zero-order valence-corrected chi connectivity index (χ0v) is 29.1. The normalized spacial score (nSPS) is 13.5. The zero-order valence-electron chi connectivity index (χ0n) is 26.5. The first-order valence-electron chi connectivity index (χ1n) is 15.1. The van der Waals surface area contributed by atoms with Gasteiger partial charge in [-0.25, -0.2) is 23.7 Å². The fraction of sp³-hybridized carbons (Fsp3) is 0.286. The molecule has 0 fully saturated rings. The number of nitrogens with zero attached hydrogens (tertiary/aromatic N) is 3. The minimum Gasteiger partial charge on any atom is -0.401 e. The van der Waals surface area contributed by atoms with Gasteiger partial charge in [0.05, 0.1) is 29.9 Å². The van der Waals surface area contributed by atoms with E-state index in [9.17, 15) is 13.2 Å². The Morgan fingerprint density at radius 3 is 2.00 bits per heavy atom. The Balaban J connectivity index is 1.54. The molecule has 0 bridgehead atoms. The summed E-state index contributed by atoms with van der Waals surface area (Å²) in [5.41, 5.74) is -1.36. The van der Waals surface area contributed by atoms with Crippen molar-refractivity contribution in [1.82, 2.24) is 15.0 Å². The first kappa shape index (κ1) is 35.7. The van der Waals surface area contributed by atoms with Crippen molar-refractivity contribution in [2.45, 2.75) is 57.3 Å². The molecule has 0 unspecified atom stereocenters. The quantitative estimate of drug-likeness (QED) is 0.0675. The van der Waals surface area contributed by atoms with Gasteiger partial charge >= 0.3 is 6.18 Å². The minimum absolute atomic E-state index is 0.0120. The Morgan fingerprint density at radius 1 is 0.833 bits per heavy atom. The van der Waals surface area contributed by atoms with E-state index in [1.54, 1.807) is 6.92 Å². The molecule has 5 aromatic rings. The summed E-state index contributed by atoms with van der Waals surface area (Å²) in [5, 5.41) is 4.37. The van der Waals surface area contributed by atoms with E-state index in [0.29, 0.717) is 10.9 Å². The van der Waals surface area contributed by atoms with Gasteiger partial charge in [-0.1, -0.05) is 105 Å². The van der Waals surface area contributed by atoms with Crippen molar-refractivity contribution in [2.24, 2.45) is 0 Å². The average molecular weight is 720 g/mol. The summed E-state index contributed by atoms with van der Waals surface area (Å²) in [6.45, 7) is 6.28. The van der Waals surface area contributed by atoms with Gasteiger partial charge in [0, 0.05) is 11.8 Å². The standard InChI is InChI=1S/C35H33Cl2F5N4OSi/c1-22(44-31-26-18-30(36)43-20-29(26)45-32(37)46-31)25-16-11-17-28(35(40,41)42)27(25)19-34(38,39)21-47-48(33(2,3)4,23-12-7-5-8-13-23)24-14-9-6-10-15-24/h5-18,20,22H,19,21H2,1-4H3,(H,44,45,46)/t22-/m1/s1. The summed E-state index contributed by atoms with van der Waals surface area (Å²) in [7, 11) is -3.41. The van der Waals surface area contributed by atoms with Gasteiger partial charge in [-0.2, -0.15) is 13.2 Å². The maximum Gasteiger partial charge on any atom is 0.416 e. The van der Waals surface area contributed by atoms with Gasteiger partial charge in [0.2, 0.25) is 5.28 Å². The lowest BCUT2D eigenvalue weighted by Crippen LogP contribution is -2.67. The Kier molecular flexibility index (Phi) is 10.2. The van der Waals surface area contributed by atoms with Gasteiger partial charge in [-0.3, -0.25) is 0 Å². The minimum atomic E-state index is -4.90. The van der Waals surface area contributed by atoms with Gasteiger partial charge in [0.1, 0.15) is 11.0 Å². The zero-order chi connectivity index (χ0) is 34.9. The molecule has 0 saturated carbocycles. The van der Waals surface area contributed by atoms with Crippen LogP contribution in [0.4, 0.5) is 27.8 Å². The second kappa shape index (κ2) is 13.7. The summed E-state index contributed by atoms with van der Waals surface area (Å²) >= 11 is 12.2. The van der Waals surface area contributed by atoms with E-state index in [1.165, 1.54) is 24.4 Å². The number of hydrogen-bond acceptors (Lipinski definition) is 5. The molecule has 48 heavy (non-hydrogen) atoms. The summed E-state index contributed by atoms with van der Waals surface area (Å²) in [4.78, 5) is 12.3. The fourth-order valence-corrected chi connectivity index (χ4v) is 11.0. The lowest BCUT2D eigenvalue weighted by Gasteiger charge is -2.43. The van der Waals surface area contributed by atoms with Crippen LogP contribution in [0.3, 0.4) is 0 Å². The van der Waals surface area contributed by atoms with Crippen molar-refractivity contribution < 1.29 is 26.4 Å². The second-order valence-corrected chi connectivity index (χ2v) is 17.6. The predicted octanol–water partition coefficient (Wildman–Crippen LogP) is 9.28. The molecule has 1 N–H and O–H groups in total. The summed E-state index contributed by atoms with van der Waals surface area (Å²) in [5.74, 6) is -3.53. The number of anilines is 1. The number of benzene rings is 3. The number of alkyl halides is 5. The highest BCUT2D eigenvalue weighted by molar-refractivity contribution is 6.99. The Labute approximate surface area is 286 Å². The Morgan fingerprint density at radius 2 is 1.44 bits per heavy atom. The third-order valence-electron chi connectivity index (χ3n) is 8.21. The van der Waals surface area contributed by atoms with Crippen LogP contribution in [0.5, 0.6) is 0 Å². The number of aromatic nitrogens is 3.